The summed E-state index contributed by atoms with van der Waals surface area (Å²) in [5.74, 6) is -0.799. The van der Waals surface area contributed by atoms with Crippen LogP contribution >= 0.6 is 15.9 Å². The van der Waals surface area contributed by atoms with Crippen molar-refractivity contribution < 1.29 is 18.6 Å². The maximum absolute atomic E-state index is 13.6. The Morgan fingerprint density at radius 1 is 1.00 bits per heavy atom. The molecule has 0 atom stereocenters. The van der Waals surface area contributed by atoms with Crippen molar-refractivity contribution >= 4 is 15.9 Å². The molecule has 0 spiro atoms. The van der Waals surface area contributed by atoms with Crippen LogP contribution in [-0.4, -0.2) is 5.11 Å². The fourth-order valence-corrected chi connectivity index (χ4v) is 1.98. The Morgan fingerprint density at radius 2 is 1.74 bits per heavy atom. The molecule has 0 unspecified atom stereocenters. The molecule has 0 heterocycles. The first kappa shape index (κ1) is 14.0. The van der Waals surface area contributed by atoms with Crippen LogP contribution in [0, 0.1) is 11.6 Å². The van der Waals surface area contributed by atoms with Crippen LogP contribution in [0.25, 0.3) is 0 Å². The van der Waals surface area contributed by atoms with Gasteiger partial charge in [0.2, 0.25) is 0 Å². The number of rotatable bonds is 4. The Bertz CT molecular complexity index is 588. The Balaban J connectivity index is 2.07. The van der Waals surface area contributed by atoms with Gasteiger partial charge in [-0.1, -0.05) is 12.1 Å². The van der Waals surface area contributed by atoms with E-state index >= 15 is 0 Å². The first-order valence-corrected chi connectivity index (χ1v) is 6.35. The van der Waals surface area contributed by atoms with Crippen molar-refractivity contribution in [2.45, 2.75) is 13.2 Å². The predicted molar refractivity (Wildman–Crippen MR) is 70.8 cm³/mol. The van der Waals surface area contributed by atoms with E-state index in [2.05, 4.69) is 15.9 Å². The first-order chi connectivity index (χ1) is 9.10. The molecule has 0 aliphatic heterocycles. The van der Waals surface area contributed by atoms with Crippen LogP contribution in [0.3, 0.4) is 0 Å². The van der Waals surface area contributed by atoms with Crippen molar-refractivity contribution in [2.75, 3.05) is 0 Å². The molecule has 2 rings (SSSR count). The maximum atomic E-state index is 13.6. The Labute approximate surface area is 117 Å². The summed E-state index contributed by atoms with van der Waals surface area (Å²) < 4.78 is 32.3. The first-order valence-electron chi connectivity index (χ1n) is 5.56. The van der Waals surface area contributed by atoms with Gasteiger partial charge >= 0.3 is 0 Å². The summed E-state index contributed by atoms with van der Waals surface area (Å²) in [6.07, 6.45) is 0. The van der Waals surface area contributed by atoms with Crippen LogP contribution in [0.15, 0.2) is 40.9 Å². The Hall–Kier alpha value is -1.46. The molecule has 2 aromatic rings. The minimum atomic E-state index is -0.535. The number of hydrogen-bond acceptors (Lipinski definition) is 2. The smallest absolute Gasteiger partial charge is 0.165 e. The van der Waals surface area contributed by atoms with E-state index in [0.29, 0.717) is 10.0 Å². The molecule has 5 heteroatoms. The summed E-state index contributed by atoms with van der Waals surface area (Å²) in [5.41, 5.74) is 1.20. The van der Waals surface area contributed by atoms with Gasteiger partial charge in [-0.3, -0.25) is 0 Å². The molecule has 0 aliphatic rings. The normalized spacial score (nSPS) is 10.5. The van der Waals surface area contributed by atoms with Gasteiger partial charge in [0.1, 0.15) is 12.4 Å². The van der Waals surface area contributed by atoms with Crippen molar-refractivity contribution in [3.63, 3.8) is 0 Å². The third-order valence-corrected chi connectivity index (χ3v) is 3.16. The van der Waals surface area contributed by atoms with Gasteiger partial charge in [-0.2, -0.15) is 0 Å². The SMILES string of the molecule is OCc1ccc(OCc2ccc(F)c(Br)c2)c(F)c1. The van der Waals surface area contributed by atoms with E-state index in [4.69, 9.17) is 9.84 Å². The van der Waals surface area contributed by atoms with Gasteiger partial charge in [-0.25, -0.2) is 8.78 Å². The van der Waals surface area contributed by atoms with Crippen molar-refractivity contribution in [3.8, 4) is 5.75 Å². The second-order valence-electron chi connectivity index (χ2n) is 3.96. The summed E-state index contributed by atoms with van der Waals surface area (Å²) in [5, 5.41) is 8.87. The summed E-state index contributed by atoms with van der Waals surface area (Å²) in [7, 11) is 0. The second kappa shape index (κ2) is 6.12. The maximum Gasteiger partial charge on any atom is 0.165 e. The van der Waals surface area contributed by atoms with Crippen molar-refractivity contribution in [1.29, 1.82) is 0 Å². The molecule has 0 saturated heterocycles. The van der Waals surface area contributed by atoms with Crippen molar-refractivity contribution in [1.82, 2.24) is 0 Å². The minimum Gasteiger partial charge on any atom is -0.486 e. The second-order valence-corrected chi connectivity index (χ2v) is 4.81. The highest BCUT2D eigenvalue weighted by atomic mass is 79.9. The average Bonchev–Trinajstić information content (AvgIpc) is 2.41. The van der Waals surface area contributed by atoms with Crippen molar-refractivity contribution in [2.24, 2.45) is 0 Å². The highest BCUT2D eigenvalue weighted by molar-refractivity contribution is 9.10. The number of halogens is 3. The monoisotopic (exact) mass is 328 g/mol. The molecular weight excluding hydrogens is 318 g/mol. The third-order valence-electron chi connectivity index (χ3n) is 2.56. The highest BCUT2D eigenvalue weighted by Crippen LogP contribution is 2.21. The quantitative estimate of drug-likeness (QED) is 0.925. The van der Waals surface area contributed by atoms with E-state index in [-0.39, 0.29) is 24.8 Å². The van der Waals surface area contributed by atoms with E-state index in [9.17, 15) is 8.78 Å². The topological polar surface area (TPSA) is 29.5 Å². The van der Waals surface area contributed by atoms with Crippen LogP contribution in [-0.2, 0) is 13.2 Å². The highest BCUT2D eigenvalue weighted by Gasteiger charge is 2.06. The average molecular weight is 329 g/mol. The molecule has 0 aliphatic carbocycles. The molecule has 0 bridgehead atoms. The number of benzene rings is 2. The van der Waals surface area contributed by atoms with E-state index in [1.807, 2.05) is 0 Å². The standard InChI is InChI=1S/C14H11BrF2O2/c15-11-5-10(1-3-12(11)16)8-19-14-4-2-9(7-18)6-13(14)17/h1-6,18H,7-8H2. The van der Waals surface area contributed by atoms with Crippen LogP contribution in [0.4, 0.5) is 8.78 Å². The molecule has 100 valence electrons. The van der Waals surface area contributed by atoms with Gasteiger partial charge in [-0.15, -0.1) is 0 Å². The van der Waals surface area contributed by atoms with Crippen LogP contribution in [0.2, 0.25) is 0 Å². The zero-order chi connectivity index (χ0) is 13.8. The van der Waals surface area contributed by atoms with Crippen LogP contribution in [0.1, 0.15) is 11.1 Å². The van der Waals surface area contributed by atoms with Gasteiger partial charge in [-0.05, 0) is 51.3 Å². The lowest BCUT2D eigenvalue weighted by Crippen LogP contribution is -1.98. The molecular formula is C14H11BrF2O2. The Morgan fingerprint density at radius 3 is 2.37 bits per heavy atom. The number of aliphatic hydroxyl groups excluding tert-OH is 1. The van der Waals surface area contributed by atoms with Gasteiger partial charge in [0.25, 0.3) is 0 Å². The summed E-state index contributed by atoms with van der Waals surface area (Å²) in [6.45, 7) is -0.0869. The largest absolute Gasteiger partial charge is 0.486 e. The minimum absolute atomic E-state index is 0.0950. The molecule has 0 fully saturated rings. The zero-order valence-electron chi connectivity index (χ0n) is 9.87. The number of hydrogen-bond donors (Lipinski definition) is 1. The molecule has 19 heavy (non-hydrogen) atoms. The fourth-order valence-electron chi connectivity index (χ4n) is 1.55. The lowest BCUT2D eigenvalue weighted by atomic mass is 10.2. The zero-order valence-corrected chi connectivity index (χ0v) is 11.5. The Kier molecular flexibility index (Phi) is 4.50. The summed E-state index contributed by atoms with van der Waals surface area (Å²) in [6, 6.07) is 8.72. The molecule has 0 saturated carbocycles. The fraction of sp³-hybridized carbons (Fsp3) is 0.143. The van der Waals surface area contributed by atoms with E-state index in [1.54, 1.807) is 18.2 Å². The van der Waals surface area contributed by atoms with Gasteiger partial charge in [0.15, 0.2) is 11.6 Å². The van der Waals surface area contributed by atoms with E-state index < -0.39 is 5.82 Å². The van der Waals surface area contributed by atoms with Crippen molar-refractivity contribution in [3.05, 3.63) is 63.6 Å². The third kappa shape index (κ3) is 3.52. The molecule has 0 aromatic heterocycles. The number of aliphatic hydroxyl groups is 1. The van der Waals surface area contributed by atoms with Crippen LogP contribution < -0.4 is 4.74 Å². The summed E-state index contributed by atoms with van der Waals surface area (Å²) >= 11 is 3.07. The van der Waals surface area contributed by atoms with Gasteiger partial charge < -0.3 is 9.84 Å². The lowest BCUT2D eigenvalue weighted by Gasteiger charge is -2.08. The molecule has 0 amide bonds. The predicted octanol–water partition coefficient (Wildman–Crippen LogP) is 3.80. The van der Waals surface area contributed by atoms with Crippen LogP contribution in [0.5, 0.6) is 5.75 Å². The molecule has 0 radical (unpaired) electrons. The summed E-state index contributed by atoms with van der Waals surface area (Å²) in [4.78, 5) is 0. The molecule has 2 aromatic carbocycles. The van der Waals surface area contributed by atoms with E-state index in [0.717, 1.165) is 5.56 Å². The lowest BCUT2D eigenvalue weighted by molar-refractivity contribution is 0.276. The molecule has 2 nitrogen and oxygen atoms in total. The van der Waals surface area contributed by atoms with Gasteiger partial charge in [0.05, 0.1) is 11.1 Å². The number of ether oxygens (including phenoxy) is 1. The van der Waals surface area contributed by atoms with E-state index in [1.165, 1.54) is 18.2 Å². The molecule has 1 N–H and O–H groups in total. The van der Waals surface area contributed by atoms with Gasteiger partial charge in [0, 0.05) is 0 Å².